The molecule has 2 radical (unpaired) electrons. The summed E-state index contributed by atoms with van der Waals surface area (Å²) in [6.45, 7) is 7.49. The summed E-state index contributed by atoms with van der Waals surface area (Å²) in [5, 5.41) is 2.77. The number of rotatable bonds is 7. The monoisotopic (exact) mass is 207 g/mol. The number of alkyl halides is 1. The Morgan fingerprint density at radius 1 is 1.67 bits per heavy atom. The van der Waals surface area contributed by atoms with Crippen molar-refractivity contribution < 1.29 is 4.39 Å². The van der Waals surface area contributed by atoms with E-state index in [1.807, 2.05) is 0 Å². The van der Waals surface area contributed by atoms with Crippen molar-refractivity contribution in [2.45, 2.75) is 38.7 Å². The Bertz CT molecular complexity index is 237. The Morgan fingerprint density at radius 3 is 2.67 bits per heavy atom. The zero-order chi connectivity index (χ0) is 11.9. The fourth-order valence-electron chi connectivity index (χ4n) is 1.24. The van der Waals surface area contributed by atoms with Gasteiger partial charge in [0.05, 0.1) is 7.85 Å². The zero-order valence-electron chi connectivity index (χ0n) is 9.65. The number of nitrogens with one attached hydrogen (secondary N) is 1. The van der Waals surface area contributed by atoms with Gasteiger partial charge in [-0.25, -0.2) is 4.39 Å². The molecule has 15 heavy (non-hydrogen) atoms. The molecular weight excluding hydrogens is 188 g/mol. The molecule has 0 rings (SSSR count). The molecule has 0 saturated carbocycles. The van der Waals surface area contributed by atoms with Crippen molar-refractivity contribution in [3.05, 3.63) is 12.2 Å². The van der Waals surface area contributed by atoms with E-state index in [1.54, 1.807) is 0 Å². The van der Waals surface area contributed by atoms with Crippen molar-refractivity contribution in [3.63, 3.8) is 0 Å². The predicted molar refractivity (Wildman–Crippen MR) is 64.4 cm³/mol. The van der Waals surface area contributed by atoms with E-state index in [1.165, 1.54) is 13.8 Å². The first-order chi connectivity index (χ1) is 6.91. The molecule has 1 nitrogen and oxygen atoms in total. The second-order valence-corrected chi connectivity index (χ2v) is 4.24. The van der Waals surface area contributed by atoms with E-state index in [-0.39, 0.29) is 5.92 Å². The highest BCUT2D eigenvalue weighted by atomic mass is 19.1. The quantitative estimate of drug-likeness (QED) is 0.222. The van der Waals surface area contributed by atoms with Gasteiger partial charge in [-0.05, 0) is 38.2 Å². The van der Waals surface area contributed by atoms with Crippen molar-refractivity contribution in [2.24, 2.45) is 5.92 Å². The van der Waals surface area contributed by atoms with Gasteiger partial charge < -0.3 is 5.32 Å². The van der Waals surface area contributed by atoms with E-state index < -0.39 is 5.67 Å². The largest absolute Gasteiger partial charge is 0.346 e. The molecular formula is C12H19BFN. The first-order valence-corrected chi connectivity index (χ1v) is 5.17. The molecule has 0 aromatic rings. The second-order valence-electron chi connectivity index (χ2n) is 4.24. The molecule has 0 saturated heterocycles. The normalized spacial score (nSPS) is 12.9. The van der Waals surface area contributed by atoms with Gasteiger partial charge >= 0.3 is 0 Å². The Kier molecular flexibility index (Phi) is 6.16. The van der Waals surface area contributed by atoms with Crippen molar-refractivity contribution in [1.29, 1.82) is 0 Å². The lowest BCUT2D eigenvalue weighted by Gasteiger charge is -2.22. The molecule has 1 N–H and O–H groups in total. The Labute approximate surface area is 93.9 Å². The smallest absolute Gasteiger partial charge is 0.126 e. The van der Waals surface area contributed by atoms with Crippen LogP contribution in [0.15, 0.2) is 12.2 Å². The average molecular weight is 207 g/mol. The summed E-state index contributed by atoms with van der Waals surface area (Å²) in [6.07, 6.45) is 7.05. The van der Waals surface area contributed by atoms with Gasteiger partial charge in [-0.3, -0.25) is 0 Å². The average Bonchev–Trinajstić information content (AvgIpc) is 2.14. The predicted octanol–water partition coefficient (Wildman–Crippen LogP) is 2.45. The molecule has 0 fully saturated rings. The van der Waals surface area contributed by atoms with Crippen LogP contribution in [0.5, 0.6) is 0 Å². The van der Waals surface area contributed by atoms with Gasteiger partial charge in [-0.1, -0.05) is 19.3 Å². The summed E-state index contributed by atoms with van der Waals surface area (Å²) in [7, 11) is 5.60. The minimum Gasteiger partial charge on any atom is -0.346 e. The van der Waals surface area contributed by atoms with Gasteiger partial charge in [0, 0.05) is 12.6 Å². The van der Waals surface area contributed by atoms with E-state index >= 15 is 0 Å². The van der Waals surface area contributed by atoms with Crippen LogP contribution < -0.4 is 5.32 Å². The number of allylic oxidation sites excluding steroid dienone is 1. The Balaban J connectivity index is 4.00. The van der Waals surface area contributed by atoms with Crippen molar-refractivity contribution in [1.82, 2.24) is 5.32 Å². The van der Waals surface area contributed by atoms with Crippen LogP contribution in [0, 0.1) is 18.4 Å². The molecule has 0 aliphatic rings. The molecule has 0 aromatic heterocycles. The third-order valence-electron chi connectivity index (χ3n) is 2.49. The van der Waals surface area contributed by atoms with Crippen molar-refractivity contribution in [2.75, 3.05) is 6.54 Å². The minimum absolute atomic E-state index is 0.244. The van der Waals surface area contributed by atoms with E-state index in [9.17, 15) is 4.39 Å². The number of hydrogen-bond donors (Lipinski definition) is 1. The topological polar surface area (TPSA) is 12.0 Å². The van der Waals surface area contributed by atoms with Crippen LogP contribution in [0.1, 0.15) is 26.7 Å². The highest BCUT2D eigenvalue weighted by molar-refractivity contribution is 6.08. The van der Waals surface area contributed by atoms with E-state index in [0.29, 0.717) is 24.9 Å². The molecule has 0 amide bonds. The third kappa shape index (κ3) is 6.22. The molecule has 1 atom stereocenters. The summed E-state index contributed by atoms with van der Waals surface area (Å²) >= 11 is 0. The fourth-order valence-corrected chi connectivity index (χ4v) is 1.24. The zero-order valence-corrected chi connectivity index (χ0v) is 9.65. The molecule has 0 bridgehead atoms. The summed E-state index contributed by atoms with van der Waals surface area (Å²) in [5.74, 6) is 0.244. The summed E-state index contributed by atoms with van der Waals surface area (Å²) in [6, 6.07) is 2.34. The third-order valence-corrected chi connectivity index (χ3v) is 2.49. The second kappa shape index (κ2) is 6.56. The highest BCUT2D eigenvalue weighted by Gasteiger charge is 2.22. The standard InChI is InChI=1S/C12H19BFN/c1-5-15-7-6-11(9-13)8-10(2)12(3,4)14/h1,11,15H,2,6-9H2,3-4H3. The Morgan fingerprint density at radius 2 is 2.27 bits per heavy atom. The maximum absolute atomic E-state index is 13.5. The molecule has 0 heterocycles. The van der Waals surface area contributed by atoms with Crippen LogP contribution in [0.4, 0.5) is 4.39 Å². The molecule has 0 aromatic carbocycles. The van der Waals surface area contributed by atoms with Crippen LogP contribution in [0.25, 0.3) is 0 Å². The van der Waals surface area contributed by atoms with Gasteiger partial charge in [0.2, 0.25) is 0 Å². The summed E-state index contributed by atoms with van der Waals surface area (Å²) < 4.78 is 13.5. The lowest BCUT2D eigenvalue weighted by atomic mass is 9.81. The maximum atomic E-state index is 13.5. The summed E-state index contributed by atoms with van der Waals surface area (Å²) in [5.41, 5.74) is -0.730. The molecule has 1 unspecified atom stereocenters. The number of hydrogen-bond acceptors (Lipinski definition) is 1. The van der Waals surface area contributed by atoms with Crippen LogP contribution in [0.3, 0.4) is 0 Å². The van der Waals surface area contributed by atoms with E-state index in [4.69, 9.17) is 14.3 Å². The van der Waals surface area contributed by atoms with Crippen LogP contribution in [-0.2, 0) is 0 Å². The lowest BCUT2D eigenvalue weighted by molar-refractivity contribution is 0.254. The van der Waals surface area contributed by atoms with Crippen LogP contribution >= 0.6 is 0 Å². The van der Waals surface area contributed by atoms with Gasteiger partial charge in [0.25, 0.3) is 0 Å². The van der Waals surface area contributed by atoms with Gasteiger partial charge in [0.15, 0.2) is 0 Å². The Hall–Kier alpha value is -0.905. The van der Waals surface area contributed by atoms with Gasteiger partial charge in [-0.2, -0.15) is 0 Å². The van der Waals surface area contributed by atoms with Gasteiger partial charge in [0.1, 0.15) is 5.67 Å². The minimum atomic E-state index is -1.33. The first kappa shape index (κ1) is 14.1. The molecule has 82 valence electrons. The molecule has 3 heteroatoms. The van der Waals surface area contributed by atoms with Crippen LogP contribution in [0.2, 0.25) is 6.32 Å². The SMILES string of the molecule is [B]CC(CCNC#C)CC(=C)C(C)(C)F. The molecule has 0 spiro atoms. The molecule has 0 aliphatic heterocycles. The first-order valence-electron chi connectivity index (χ1n) is 5.17. The highest BCUT2D eigenvalue weighted by Crippen LogP contribution is 2.27. The van der Waals surface area contributed by atoms with Crippen molar-refractivity contribution >= 4 is 7.85 Å². The number of terminal acetylenes is 1. The number of halogens is 1. The molecule has 0 aliphatic carbocycles. The van der Waals surface area contributed by atoms with E-state index in [0.717, 1.165) is 6.42 Å². The van der Waals surface area contributed by atoms with Gasteiger partial charge in [-0.15, -0.1) is 0 Å². The van der Waals surface area contributed by atoms with Crippen molar-refractivity contribution in [3.8, 4) is 12.5 Å². The lowest BCUT2D eigenvalue weighted by Crippen LogP contribution is -2.19. The summed E-state index contributed by atoms with van der Waals surface area (Å²) in [4.78, 5) is 0. The van der Waals surface area contributed by atoms with Crippen LogP contribution in [-0.4, -0.2) is 20.1 Å². The van der Waals surface area contributed by atoms with E-state index in [2.05, 4.69) is 17.9 Å². The fraction of sp³-hybridized carbons (Fsp3) is 0.667. The maximum Gasteiger partial charge on any atom is 0.126 e.